The maximum Gasteiger partial charge on any atom is 0.138 e. The zero-order valence-electron chi connectivity index (χ0n) is 14.7. The lowest BCUT2D eigenvalue weighted by molar-refractivity contribution is 0.131. The van der Waals surface area contributed by atoms with E-state index in [4.69, 9.17) is 9.47 Å². The Labute approximate surface area is 148 Å². The van der Waals surface area contributed by atoms with E-state index in [0.29, 0.717) is 11.3 Å². The van der Waals surface area contributed by atoms with Gasteiger partial charge in [0.2, 0.25) is 0 Å². The van der Waals surface area contributed by atoms with Crippen molar-refractivity contribution in [2.24, 2.45) is 0 Å². The smallest absolute Gasteiger partial charge is 0.138 e. The van der Waals surface area contributed by atoms with Crippen molar-refractivity contribution in [3.63, 3.8) is 0 Å². The molecule has 0 heterocycles. The molecule has 3 rings (SSSR count). The molecule has 1 N–H and O–H groups in total. The minimum Gasteiger partial charge on any atom is -0.507 e. The van der Waals surface area contributed by atoms with Gasteiger partial charge in [0.05, 0.1) is 5.56 Å². The molecular formula is C22H22O3. The second-order valence-electron chi connectivity index (χ2n) is 6.80. The van der Waals surface area contributed by atoms with Crippen LogP contribution < -0.4 is 9.47 Å². The van der Waals surface area contributed by atoms with E-state index in [1.807, 2.05) is 81.4 Å². The summed E-state index contributed by atoms with van der Waals surface area (Å²) < 4.78 is 11.8. The minimum atomic E-state index is -0.252. The zero-order chi connectivity index (χ0) is 17.9. The first-order valence-corrected chi connectivity index (χ1v) is 8.27. The summed E-state index contributed by atoms with van der Waals surface area (Å²) in [6, 6.07) is 22.5. The molecule has 0 saturated heterocycles. The Hall–Kier alpha value is -2.94. The molecule has 0 aromatic heterocycles. The molecule has 0 aliphatic carbocycles. The Morgan fingerprint density at radius 3 is 2.04 bits per heavy atom. The highest BCUT2D eigenvalue weighted by Gasteiger charge is 2.15. The molecule has 3 heteroatoms. The van der Waals surface area contributed by atoms with Crippen molar-refractivity contribution < 1.29 is 14.6 Å². The zero-order valence-corrected chi connectivity index (χ0v) is 14.7. The molecule has 0 bridgehead atoms. The number of phenolic OH excluding ortho intramolecular Hbond substituents is 1. The van der Waals surface area contributed by atoms with E-state index in [2.05, 4.69) is 0 Å². The van der Waals surface area contributed by atoms with Crippen molar-refractivity contribution in [1.29, 1.82) is 0 Å². The largest absolute Gasteiger partial charge is 0.507 e. The quantitative estimate of drug-likeness (QED) is 0.633. The number of hydrogen-bond donors (Lipinski definition) is 1. The summed E-state index contributed by atoms with van der Waals surface area (Å²) in [4.78, 5) is 0. The molecule has 3 aromatic rings. The van der Waals surface area contributed by atoms with Crippen LogP contribution in [0.2, 0.25) is 0 Å². The van der Waals surface area contributed by atoms with Crippen LogP contribution in [0.4, 0.5) is 0 Å². The Bertz CT molecular complexity index is 831. The van der Waals surface area contributed by atoms with Gasteiger partial charge in [-0.25, -0.2) is 0 Å². The lowest BCUT2D eigenvalue weighted by Gasteiger charge is -2.21. The van der Waals surface area contributed by atoms with Crippen LogP contribution in [0.1, 0.15) is 20.8 Å². The van der Waals surface area contributed by atoms with E-state index >= 15 is 0 Å². The first kappa shape index (κ1) is 16.9. The molecule has 25 heavy (non-hydrogen) atoms. The third-order valence-corrected chi connectivity index (χ3v) is 3.54. The molecule has 0 fully saturated rings. The van der Waals surface area contributed by atoms with Crippen molar-refractivity contribution in [2.75, 3.05) is 0 Å². The van der Waals surface area contributed by atoms with Crippen LogP contribution in [0, 0.1) is 0 Å². The highest BCUT2D eigenvalue weighted by molar-refractivity contribution is 5.77. The van der Waals surface area contributed by atoms with E-state index in [0.717, 1.165) is 17.1 Å². The molecule has 0 aliphatic heterocycles. The van der Waals surface area contributed by atoms with Crippen LogP contribution in [-0.2, 0) is 0 Å². The number of ether oxygens (including phenoxy) is 2. The minimum absolute atomic E-state index is 0.179. The average molecular weight is 334 g/mol. The Kier molecular flexibility index (Phi) is 4.66. The summed E-state index contributed by atoms with van der Waals surface area (Å²) in [5.74, 6) is 2.30. The van der Waals surface area contributed by atoms with E-state index in [-0.39, 0.29) is 11.4 Å². The molecule has 0 spiro atoms. The predicted molar refractivity (Wildman–Crippen MR) is 100 cm³/mol. The van der Waals surface area contributed by atoms with Crippen molar-refractivity contribution in [3.05, 3.63) is 72.8 Å². The molecule has 3 nitrogen and oxygen atoms in total. The molecule has 0 unspecified atom stereocenters. The fourth-order valence-corrected chi connectivity index (χ4v) is 2.55. The second-order valence-corrected chi connectivity index (χ2v) is 6.80. The summed E-state index contributed by atoms with van der Waals surface area (Å²) in [5.41, 5.74) is 1.27. The average Bonchev–Trinajstić information content (AvgIpc) is 2.56. The molecule has 0 radical (unpaired) electrons. The number of phenols is 1. The van der Waals surface area contributed by atoms with Gasteiger partial charge in [-0.05, 0) is 62.7 Å². The van der Waals surface area contributed by atoms with E-state index in [9.17, 15) is 5.11 Å². The lowest BCUT2D eigenvalue weighted by Crippen LogP contribution is -2.22. The number of hydrogen-bond acceptors (Lipinski definition) is 3. The second kappa shape index (κ2) is 6.89. The standard InChI is InChI=1S/C22H22O3/c1-22(2,3)25-18-14-12-16(13-15-18)21-19(23)10-7-11-20(21)24-17-8-5-4-6-9-17/h4-15,23H,1-3H3. The molecular weight excluding hydrogens is 312 g/mol. The topological polar surface area (TPSA) is 38.7 Å². The monoisotopic (exact) mass is 334 g/mol. The van der Waals surface area contributed by atoms with Gasteiger partial charge in [-0.15, -0.1) is 0 Å². The Morgan fingerprint density at radius 2 is 1.40 bits per heavy atom. The van der Waals surface area contributed by atoms with Gasteiger partial charge in [0.25, 0.3) is 0 Å². The van der Waals surface area contributed by atoms with Crippen LogP contribution in [-0.4, -0.2) is 10.7 Å². The fourth-order valence-electron chi connectivity index (χ4n) is 2.55. The first-order chi connectivity index (χ1) is 11.9. The summed E-state index contributed by atoms with van der Waals surface area (Å²) in [6.45, 7) is 6.03. The Morgan fingerprint density at radius 1 is 0.720 bits per heavy atom. The van der Waals surface area contributed by atoms with Gasteiger partial charge < -0.3 is 14.6 Å². The van der Waals surface area contributed by atoms with E-state index in [1.54, 1.807) is 12.1 Å². The van der Waals surface area contributed by atoms with Crippen molar-refractivity contribution >= 4 is 0 Å². The van der Waals surface area contributed by atoms with Crippen LogP contribution in [0.3, 0.4) is 0 Å². The van der Waals surface area contributed by atoms with Gasteiger partial charge in [0.15, 0.2) is 0 Å². The van der Waals surface area contributed by atoms with Crippen molar-refractivity contribution in [3.8, 4) is 34.1 Å². The highest BCUT2D eigenvalue weighted by Crippen LogP contribution is 2.40. The SMILES string of the molecule is CC(C)(C)Oc1ccc(-c2c(O)cccc2Oc2ccccc2)cc1. The molecule has 0 saturated carbocycles. The maximum atomic E-state index is 10.4. The van der Waals surface area contributed by atoms with Gasteiger partial charge in [-0.2, -0.15) is 0 Å². The molecule has 128 valence electrons. The molecule has 3 aromatic carbocycles. The summed E-state index contributed by atoms with van der Waals surface area (Å²) >= 11 is 0. The van der Waals surface area contributed by atoms with Gasteiger partial charge in [0.1, 0.15) is 28.6 Å². The van der Waals surface area contributed by atoms with Gasteiger partial charge in [-0.1, -0.05) is 36.4 Å². The summed E-state index contributed by atoms with van der Waals surface area (Å²) in [7, 11) is 0. The number of rotatable bonds is 4. The number of aromatic hydroxyl groups is 1. The summed E-state index contributed by atoms with van der Waals surface area (Å²) in [6.07, 6.45) is 0. The van der Waals surface area contributed by atoms with Gasteiger partial charge in [0, 0.05) is 0 Å². The highest BCUT2D eigenvalue weighted by atomic mass is 16.5. The Balaban J connectivity index is 1.94. The molecule has 0 amide bonds. The number of benzene rings is 3. The molecule has 0 aliphatic rings. The van der Waals surface area contributed by atoms with Crippen molar-refractivity contribution in [1.82, 2.24) is 0 Å². The van der Waals surface area contributed by atoms with E-state index < -0.39 is 0 Å². The van der Waals surface area contributed by atoms with Crippen LogP contribution in [0.15, 0.2) is 72.8 Å². The lowest BCUT2D eigenvalue weighted by atomic mass is 10.0. The van der Waals surface area contributed by atoms with Gasteiger partial charge in [-0.3, -0.25) is 0 Å². The fraction of sp³-hybridized carbons (Fsp3) is 0.182. The first-order valence-electron chi connectivity index (χ1n) is 8.27. The third kappa shape index (κ3) is 4.32. The maximum absolute atomic E-state index is 10.4. The summed E-state index contributed by atoms with van der Waals surface area (Å²) in [5, 5.41) is 10.4. The van der Waals surface area contributed by atoms with Crippen molar-refractivity contribution in [2.45, 2.75) is 26.4 Å². The van der Waals surface area contributed by atoms with Gasteiger partial charge >= 0.3 is 0 Å². The van der Waals surface area contributed by atoms with Crippen LogP contribution in [0.25, 0.3) is 11.1 Å². The van der Waals surface area contributed by atoms with E-state index in [1.165, 1.54) is 0 Å². The van der Waals surface area contributed by atoms with Crippen LogP contribution >= 0.6 is 0 Å². The predicted octanol–water partition coefficient (Wildman–Crippen LogP) is 6.03. The molecule has 0 atom stereocenters. The third-order valence-electron chi connectivity index (χ3n) is 3.54. The number of para-hydroxylation sites is 1. The normalized spacial score (nSPS) is 11.2. The van der Waals surface area contributed by atoms with Crippen LogP contribution in [0.5, 0.6) is 23.0 Å².